The topological polar surface area (TPSA) is 38.7 Å². The quantitative estimate of drug-likeness (QED) is 0.618. The van der Waals surface area contributed by atoms with Gasteiger partial charge >= 0.3 is 67.4 Å². The van der Waals surface area contributed by atoms with Crippen LogP contribution in [0, 0.1) is 12.3 Å². The Bertz CT molecular complexity index is 137. The molecule has 0 atom stereocenters. The van der Waals surface area contributed by atoms with Gasteiger partial charge in [-0.25, -0.2) is 0 Å². The molecule has 1 fully saturated rings. The first-order chi connectivity index (χ1) is 4.97. The van der Waals surface area contributed by atoms with Gasteiger partial charge in [0.05, 0.1) is 0 Å². The van der Waals surface area contributed by atoms with Crippen LogP contribution in [-0.2, 0) is 9.05 Å². The first-order valence-corrected chi connectivity index (χ1v) is 6.09. The fraction of sp³-hybridized carbons (Fsp3) is 0.857. The van der Waals surface area contributed by atoms with Gasteiger partial charge in [0.1, 0.15) is 0 Å². The summed E-state index contributed by atoms with van der Waals surface area (Å²) in [6.45, 7) is 8.68. The van der Waals surface area contributed by atoms with E-state index in [1.807, 2.05) is 6.92 Å². The summed E-state index contributed by atoms with van der Waals surface area (Å²) in [5.41, 5.74) is -0.144. The Morgan fingerprint density at radius 3 is 2.36 bits per heavy atom. The Morgan fingerprint density at radius 2 is 2.00 bits per heavy atom. The molecule has 0 bridgehead atoms. The van der Waals surface area contributed by atoms with Crippen molar-refractivity contribution in [2.75, 3.05) is 19.9 Å². The van der Waals surface area contributed by atoms with E-state index in [1.165, 1.54) is 0 Å². The van der Waals surface area contributed by atoms with Crippen LogP contribution in [0.2, 0.25) is 0 Å². The zero-order valence-corrected chi connectivity index (χ0v) is 8.09. The third-order valence-electron chi connectivity index (χ3n) is 2.04. The molecule has 3 nitrogen and oxygen atoms in total. The van der Waals surface area contributed by atoms with Crippen molar-refractivity contribution in [2.45, 2.75) is 13.3 Å². The second-order valence-electron chi connectivity index (χ2n) is 3.33. The van der Waals surface area contributed by atoms with Crippen LogP contribution in [0.3, 0.4) is 0 Å². The first kappa shape index (κ1) is 9.40. The van der Waals surface area contributed by atoms with E-state index in [2.05, 4.69) is 6.92 Å². The van der Waals surface area contributed by atoms with E-state index in [1.54, 1.807) is 6.66 Å². The summed E-state index contributed by atoms with van der Waals surface area (Å²) >= 11 is 0. The third kappa shape index (κ3) is 2.38. The average Bonchev–Trinajstić information content (AvgIpc) is 1.97. The maximum absolute atomic E-state index is 9.37. The summed E-state index contributed by atoms with van der Waals surface area (Å²) in [4.78, 5) is 9.37. The fourth-order valence-corrected chi connectivity index (χ4v) is 2.09. The summed E-state index contributed by atoms with van der Waals surface area (Å²) in [6.07, 6.45) is 0.914. The van der Waals surface area contributed by atoms with E-state index in [4.69, 9.17) is 9.05 Å². The van der Waals surface area contributed by atoms with E-state index >= 15 is 0 Å². The van der Waals surface area contributed by atoms with E-state index in [-0.39, 0.29) is 5.41 Å². The fourth-order valence-electron chi connectivity index (χ4n) is 0.861. The summed E-state index contributed by atoms with van der Waals surface area (Å²) < 4.78 is 10.4. The third-order valence-corrected chi connectivity index (χ3v) is 3.40. The van der Waals surface area contributed by atoms with E-state index < -0.39 is 7.94 Å². The molecule has 1 aliphatic rings. The molecular formula is C7H16O3P. The van der Waals surface area contributed by atoms with Gasteiger partial charge in [-0.3, -0.25) is 0 Å². The van der Waals surface area contributed by atoms with Crippen LogP contribution in [0.25, 0.3) is 0 Å². The van der Waals surface area contributed by atoms with Crippen molar-refractivity contribution in [3.63, 3.8) is 0 Å². The molecule has 4 heteroatoms. The monoisotopic (exact) mass is 179 g/mol. The number of hydrogen-bond donors (Lipinski definition) is 1. The number of rotatable bonds is 1. The number of hydrogen-bond acceptors (Lipinski definition) is 3. The summed E-state index contributed by atoms with van der Waals surface area (Å²) in [6, 6.07) is 0. The van der Waals surface area contributed by atoms with Crippen LogP contribution in [0.1, 0.15) is 13.3 Å². The molecule has 1 N–H and O–H groups in total. The summed E-state index contributed by atoms with van der Waals surface area (Å²) in [5.74, 6) is 0. The average molecular weight is 179 g/mol. The van der Waals surface area contributed by atoms with Crippen molar-refractivity contribution in [1.82, 2.24) is 0 Å². The zero-order chi connectivity index (χ0) is 8.54. The van der Waals surface area contributed by atoms with Crippen LogP contribution >= 0.6 is 7.94 Å². The molecule has 67 valence electrons. The molecule has 1 heterocycles. The van der Waals surface area contributed by atoms with E-state index in [0.717, 1.165) is 6.42 Å². The predicted octanol–water partition coefficient (Wildman–Crippen LogP) is 1.38. The zero-order valence-electron chi connectivity index (χ0n) is 7.09. The van der Waals surface area contributed by atoms with Gasteiger partial charge in [-0.2, -0.15) is 0 Å². The summed E-state index contributed by atoms with van der Waals surface area (Å²) in [7, 11) is -2.74. The summed E-state index contributed by atoms with van der Waals surface area (Å²) in [5, 5.41) is 0. The van der Waals surface area contributed by atoms with Crippen LogP contribution in [0.15, 0.2) is 0 Å². The van der Waals surface area contributed by atoms with Crippen molar-refractivity contribution in [3.8, 4) is 0 Å². The molecule has 0 aromatic rings. The Labute approximate surface area is 68.3 Å². The van der Waals surface area contributed by atoms with Gasteiger partial charge in [0, 0.05) is 0 Å². The maximum atomic E-state index is 9.37. The predicted molar refractivity (Wildman–Crippen MR) is 46.4 cm³/mol. The van der Waals surface area contributed by atoms with Crippen LogP contribution < -0.4 is 0 Å². The van der Waals surface area contributed by atoms with Gasteiger partial charge in [0.2, 0.25) is 0 Å². The standard InChI is InChI=1S/C7H16O3P/c1-4-7(2)5-9-11(3,8)10-6-7/h8,11H,2,4-6H2,1,3H3. The van der Waals surface area contributed by atoms with Crippen LogP contribution in [-0.4, -0.2) is 24.8 Å². The van der Waals surface area contributed by atoms with Gasteiger partial charge in [0.15, 0.2) is 0 Å². The molecule has 0 aromatic heterocycles. The molecule has 0 spiro atoms. The molecule has 0 unspecified atom stereocenters. The second kappa shape index (κ2) is 2.98. The Hall–Kier alpha value is 0.310. The Kier molecular flexibility index (Phi) is 2.55. The van der Waals surface area contributed by atoms with Crippen molar-refractivity contribution in [1.29, 1.82) is 0 Å². The van der Waals surface area contributed by atoms with Crippen LogP contribution in [0.5, 0.6) is 0 Å². The molecule has 11 heavy (non-hydrogen) atoms. The van der Waals surface area contributed by atoms with Crippen LogP contribution in [0.4, 0.5) is 0 Å². The molecule has 0 amide bonds. The molecule has 1 aliphatic heterocycles. The first-order valence-electron chi connectivity index (χ1n) is 3.83. The molecule has 1 rings (SSSR count). The van der Waals surface area contributed by atoms with E-state index in [0.29, 0.717) is 13.2 Å². The minimum atomic E-state index is -2.74. The normalized spacial score (nSPS) is 40.0. The van der Waals surface area contributed by atoms with Gasteiger partial charge < -0.3 is 0 Å². The molecule has 0 aliphatic carbocycles. The molecule has 0 saturated carbocycles. The van der Waals surface area contributed by atoms with Crippen molar-refractivity contribution in [2.24, 2.45) is 5.41 Å². The molecule has 0 aromatic carbocycles. The Balaban J connectivity index is 2.48. The Morgan fingerprint density at radius 1 is 1.55 bits per heavy atom. The minimum absolute atomic E-state index is 0.144. The van der Waals surface area contributed by atoms with Gasteiger partial charge in [-0.05, 0) is 0 Å². The van der Waals surface area contributed by atoms with Gasteiger partial charge in [-0.15, -0.1) is 0 Å². The van der Waals surface area contributed by atoms with E-state index in [9.17, 15) is 4.89 Å². The van der Waals surface area contributed by atoms with Gasteiger partial charge in [0.25, 0.3) is 0 Å². The molecular weight excluding hydrogens is 163 g/mol. The molecule has 1 saturated heterocycles. The second-order valence-corrected chi connectivity index (χ2v) is 5.70. The van der Waals surface area contributed by atoms with Gasteiger partial charge in [-0.1, -0.05) is 0 Å². The van der Waals surface area contributed by atoms with Crippen molar-refractivity contribution >= 4 is 7.94 Å². The SMILES string of the molecule is [CH2]C1(CC)CO[PH](C)(O)OC1. The molecule has 1 radical (unpaired) electrons. The van der Waals surface area contributed by atoms with Crippen molar-refractivity contribution in [3.05, 3.63) is 6.92 Å². The van der Waals surface area contributed by atoms with Crippen molar-refractivity contribution < 1.29 is 13.9 Å².